The Hall–Kier alpha value is -2.86. The van der Waals surface area contributed by atoms with Crippen molar-refractivity contribution in [3.63, 3.8) is 0 Å². The summed E-state index contributed by atoms with van der Waals surface area (Å²) in [4.78, 5) is 47.0. The molecular formula is C17H19N5O5S2. The summed E-state index contributed by atoms with van der Waals surface area (Å²) < 4.78 is 0. The van der Waals surface area contributed by atoms with E-state index in [9.17, 15) is 19.5 Å². The second-order valence-corrected chi connectivity index (χ2v) is 8.04. The lowest BCUT2D eigenvalue weighted by Crippen LogP contribution is -2.71. The molecule has 29 heavy (non-hydrogen) atoms. The number of hydrogen-bond acceptors (Lipinski definition) is 9. The molecule has 2 atom stereocenters. The number of aliphatic carboxylic acids is 1. The van der Waals surface area contributed by atoms with Crippen LogP contribution in [0.3, 0.4) is 0 Å². The van der Waals surface area contributed by atoms with Crippen molar-refractivity contribution in [1.82, 2.24) is 15.2 Å². The van der Waals surface area contributed by atoms with E-state index in [1.54, 1.807) is 11.5 Å². The Balaban J connectivity index is 1.80. The topological polar surface area (TPSA) is 147 Å². The second-order valence-electron chi connectivity index (χ2n) is 6.04. The number of oxime groups is 1. The number of β-lactam (4-membered cyclic amide) rings is 1. The van der Waals surface area contributed by atoms with E-state index in [-0.39, 0.29) is 22.2 Å². The van der Waals surface area contributed by atoms with Gasteiger partial charge in [0.1, 0.15) is 29.9 Å². The summed E-state index contributed by atoms with van der Waals surface area (Å²) in [6.45, 7) is 1.94. The van der Waals surface area contributed by atoms with Gasteiger partial charge in [0.05, 0.1) is 0 Å². The molecule has 0 spiro atoms. The summed E-state index contributed by atoms with van der Waals surface area (Å²) >= 11 is 2.52. The first-order chi connectivity index (χ1) is 13.9. The highest BCUT2D eigenvalue weighted by Crippen LogP contribution is 2.40. The van der Waals surface area contributed by atoms with Gasteiger partial charge in [-0.15, -0.1) is 23.1 Å². The summed E-state index contributed by atoms with van der Waals surface area (Å²) in [6.07, 6.45) is 4.32. The van der Waals surface area contributed by atoms with Crippen molar-refractivity contribution < 1.29 is 24.3 Å². The number of carbonyl (C=O) groups is 3. The maximum atomic E-state index is 12.7. The van der Waals surface area contributed by atoms with E-state index >= 15 is 0 Å². The fourth-order valence-electron chi connectivity index (χ4n) is 2.93. The van der Waals surface area contributed by atoms with E-state index in [1.165, 1.54) is 23.8 Å². The van der Waals surface area contributed by atoms with Gasteiger partial charge in [-0.3, -0.25) is 14.5 Å². The first kappa shape index (κ1) is 20.9. The minimum absolute atomic E-state index is 0.0491. The van der Waals surface area contributed by atoms with E-state index in [1.807, 2.05) is 13.0 Å². The highest BCUT2D eigenvalue weighted by molar-refractivity contribution is 8.00. The molecule has 1 aromatic heterocycles. The van der Waals surface area contributed by atoms with Crippen molar-refractivity contribution in [1.29, 1.82) is 0 Å². The number of nitrogen functional groups attached to an aromatic ring is 1. The average molecular weight is 438 g/mol. The number of anilines is 1. The van der Waals surface area contributed by atoms with Crippen LogP contribution in [0.1, 0.15) is 19.0 Å². The van der Waals surface area contributed by atoms with E-state index in [4.69, 9.17) is 10.6 Å². The number of nitrogens with one attached hydrogen (secondary N) is 1. The van der Waals surface area contributed by atoms with Crippen LogP contribution in [0, 0.1) is 0 Å². The van der Waals surface area contributed by atoms with Gasteiger partial charge >= 0.3 is 5.97 Å². The number of nitrogens with two attached hydrogens (primary N) is 1. The van der Waals surface area contributed by atoms with Crippen molar-refractivity contribution >= 4 is 51.7 Å². The molecule has 0 aromatic carbocycles. The number of aromatic nitrogens is 1. The number of carboxylic acid groups (broad SMARTS) is 1. The average Bonchev–Trinajstić information content (AvgIpc) is 3.13. The standard InChI is InChI=1S/C17H19N5O5S2/c1-3-4-5-8-6-28-15-11(14(24)22(15)12(8)16(25)26)20-13(23)10(21-27-2)9-7-29-17(18)19-9/h4-5,7,11,15H,3,6H2,1-2H3,(H2,18,19)(H,20,23)(H,25,26)/b5-4-,21-10-/t11-,15+/m1/s1. The van der Waals surface area contributed by atoms with Gasteiger partial charge in [-0.2, -0.15) is 0 Å². The molecule has 4 N–H and O–H groups in total. The predicted molar refractivity (Wildman–Crippen MR) is 109 cm³/mol. The van der Waals surface area contributed by atoms with E-state index in [0.29, 0.717) is 11.3 Å². The molecule has 0 bridgehead atoms. The zero-order valence-corrected chi connectivity index (χ0v) is 17.2. The SMILES string of the molecule is CC/C=C\C1=C(C(=O)O)N2C(=O)[C@@H](NC(=O)/C(=N\OC)c3csc(N)n3)[C@@H]2SC1. The van der Waals surface area contributed by atoms with Crippen LogP contribution >= 0.6 is 23.1 Å². The van der Waals surface area contributed by atoms with Gasteiger partial charge < -0.3 is 21.0 Å². The Morgan fingerprint density at radius 2 is 2.31 bits per heavy atom. The molecule has 0 aliphatic carbocycles. The van der Waals surface area contributed by atoms with Crippen molar-refractivity contribution in [3.8, 4) is 0 Å². The molecule has 12 heteroatoms. The Morgan fingerprint density at radius 1 is 1.55 bits per heavy atom. The van der Waals surface area contributed by atoms with Crippen molar-refractivity contribution in [2.45, 2.75) is 24.8 Å². The van der Waals surface area contributed by atoms with Crippen molar-refractivity contribution in [2.24, 2.45) is 5.16 Å². The third-order valence-electron chi connectivity index (χ3n) is 4.20. The maximum absolute atomic E-state index is 12.7. The van der Waals surface area contributed by atoms with Gasteiger partial charge in [0.15, 0.2) is 10.8 Å². The van der Waals surface area contributed by atoms with E-state index < -0.39 is 29.2 Å². The minimum Gasteiger partial charge on any atom is -0.477 e. The van der Waals surface area contributed by atoms with Crippen molar-refractivity contribution in [2.75, 3.05) is 18.6 Å². The molecule has 0 saturated carbocycles. The molecule has 2 aliphatic heterocycles. The van der Waals surface area contributed by atoms with Gasteiger partial charge in [0.25, 0.3) is 11.8 Å². The van der Waals surface area contributed by atoms with E-state index in [2.05, 4.69) is 15.5 Å². The number of allylic oxidation sites excluding steroid dienone is 2. The van der Waals surface area contributed by atoms with Crippen LogP contribution in [-0.4, -0.2) is 62.8 Å². The van der Waals surface area contributed by atoms with Crippen LogP contribution in [0.4, 0.5) is 5.13 Å². The number of hydrogen-bond donors (Lipinski definition) is 3. The normalized spacial score (nSPS) is 21.8. The molecule has 1 fully saturated rings. The largest absolute Gasteiger partial charge is 0.477 e. The number of thiazole rings is 1. The quantitative estimate of drug-likeness (QED) is 0.322. The van der Waals surface area contributed by atoms with Crippen LogP contribution < -0.4 is 11.1 Å². The Bertz CT molecular complexity index is 938. The molecule has 1 saturated heterocycles. The van der Waals surface area contributed by atoms with Crippen LogP contribution in [0.15, 0.2) is 34.0 Å². The number of thioether (sulfide) groups is 1. The van der Waals surface area contributed by atoms with Crippen LogP contribution in [0.25, 0.3) is 0 Å². The lowest BCUT2D eigenvalue weighted by Gasteiger charge is -2.49. The summed E-state index contributed by atoms with van der Waals surface area (Å²) in [5.74, 6) is -1.91. The third-order valence-corrected chi connectivity index (χ3v) is 6.18. The van der Waals surface area contributed by atoms with Gasteiger partial charge in [-0.05, 0) is 12.0 Å². The smallest absolute Gasteiger partial charge is 0.352 e. The molecule has 154 valence electrons. The first-order valence-electron chi connectivity index (χ1n) is 8.60. The monoisotopic (exact) mass is 437 g/mol. The van der Waals surface area contributed by atoms with Gasteiger partial charge in [0, 0.05) is 11.1 Å². The number of amides is 2. The van der Waals surface area contributed by atoms with Gasteiger partial charge in [-0.1, -0.05) is 24.2 Å². The molecule has 0 radical (unpaired) electrons. The summed E-state index contributed by atoms with van der Waals surface area (Å²) in [6, 6.07) is -0.878. The molecule has 0 unspecified atom stereocenters. The predicted octanol–water partition coefficient (Wildman–Crippen LogP) is 0.781. The third kappa shape index (κ3) is 3.98. The molecule has 1 aromatic rings. The minimum atomic E-state index is -1.18. The highest BCUT2D eigenvalue weighted by Gasteiger charge is 2.54. The molecule has 3 heterocycles. The number of carboxylic acids is 1. The fraction of sp³-hybridized carbons (Fsp3) is 0.353. The first-order valence-corrected chi connectivity index (χ1v) is 10.5. The van der Waals surface area contributed by atoms with Gasteiger partial charge in [-0.25, -0.2) is 9.78 Å². The maximum Gasteiger partial charge on any atom is 0.352 e. The highest BCUT2D eigenvalue weighted by atomic mass is 32.2. The van der Waals surface area contributed by atoms with Crippen LogP contribution in [-0.2, 0) is 19.2 Å². The van der Waals surface area contributed by atoms with E-state index in [0.717, 1.165) is 17.8 Å². The number of fused-ring (bicyclic) bond motifs is 1. The Labute approximate surface area is 174 Å². The molecule has 10 nitrogen and oxygen atoms in total. The summed E-state index contributed by atoms with van der Waals surface area (Å²) in [5, 5.41) is 17.2. The fourth-order valence-corrected chi connectivity index (χ4v) is 4.80. The molecule has 2 aliphatic rings. The Morgan fingerprint density at radius 3 is 2.90 bits per heavy atom. The second kappa shape index (κ2) is 8.66. The number of carbonyl (C=O) groups excluding carboxylic acids is 2. The number of rotatable bonds is 7. The molecule has 2 amide bonds. The number of nitrogens with zero attached hydrogens (tertiary/aromatic N) is 3. The molecular weight excluding hydrogens is 418 g/mol. The molecule has 3 rings (SSSR count). The zero-order chi connectivity index (χ0) is 21.1. The summed E-state index contributed by atoms with van der Waals surface area (Å²) in [7, 11) is 1.28. The summed E-state index contributed by atoms with van der Waals surface area (Å²) in [5.41, 5.74) is 6.23. The van der Waals surface area contributed by atoms with Crippen LogP contribution in [0.5, 0.6) is 0 Å². The zero-order valence-electron chi connectivity index (χ0n) is 15.6. The van der Waals surface area contributed by atoms with Gasteiger partial charge in [0.2, 0.25) is 0 Å². The van der Waals surface area contributed by atoms with Crippen LogP contribution in [0.2, 0.25) is 0 Å². The van der Waals surface area contributed by atoms with Crippen molar-refractivity contribution in [3.05, 3.63) is 34.5 Å². The Kier molecular flexibility index (Phi) is 6.23. The lowest BCUT2D eigenvalue weighted by molar-refractivity contribution is -0.150. The lowest BCUT2D eigenvalue weighted by atomic mass is 10.0.